The van der Waals surface area contributed by atoms with Gasteiger partial charge in [-0.1, -0.05) is 32.3 Å². The van der Waals surface area contributed by atoms with Crippen molar-refractivity contribution in [1.82, 2.24) is 14.3 Å². The highest BCUT2D eigenvalue weighted by atomic mass is 19.4. The van der Waals surface area contributed by atoms with Crippen molar-refractivity contribution in [2.24, 2.45) is 0 Å². The van der Waals surface area contributed by atoms with Gasteiger partial charge in [0.25, 0.3) is 5.56 Å². The molecule has 12 heteroatoms. The molecule has 2 rings (SSSR count). The van der Waals surface area contributed by atoms with Gasteiger partial charge in [-0.05, 0) is 52.2 Å². The lowest BCUT2D eigenvalue weighted by Gasteiger charge is -2.24. The standard InChI is InChI=1S/C27H38F3N3O6/c1-5-7-8-9-14-22-23(34)32(25(36)33(31-22)16-11-15-27(28,29)30)17-18-38-20-12-10-13-21(19-20)39-26(3,4)24(35)37-6-2/h10,12-13,19H,5-9,11,14-18H2,1-4H3. The number of carbonyl (C=O) groups excluding carboxylic acids is 1. The summed E-state index contributed by atoms with van der Waals surface area (Å²) in [5.74, 6) is 0.206. The van der Waals surface area contributed by atoms with E-state index in [0.717, 1.165) is 28.5 Å². The molecule has 0 bridgehead atoms. The van der Waals surface area contributed by atoms with Crippen molar-refractivity contribution < 1.29 is 32.2 Å². The number of aryl methyl sites for hydroxylation is 2. The van der Waals surface area contributed by atoms with E-state index < -0.39 is 35.4 Å². The largest absolute Gasteiger partial charge is 0.492 e. The second-order valence-electron chi connectivity index (χ2n) is 9.59. The minimum absolute atomic E-state index is 0.0677. The number of aromatic nitrogens is 3. The number of ether oxygens (including phenoxy) is 3. The lowest BCUT2D eigenvalue weighted by Crippen LogP contribution is -2.44. The molecule has 0 radical (unpaired) electrons. The third kappa shape index (κ3) is 10.4. The highest BCUT2D eigenvalue weighted by Gasteiger charge is 2.31. The molecule has 0 amide bonds. The van der Waals surface area contributed by atoms with Crippen molar-refractivity contribution in [2.75, 3.05) is 13.2 Å². The fraction of sp³-hybridized carbons (Fsp3) is 0.630. The second-order valence-corrected chi connectivity index (χ2v) is 9.59. The fourth-order valence-electron chi connectivity index (χ4n) is 3.78. The predicted octanol–water partition coefficient (Wildman–Crippen LogP) is 4.67. The average molecular weight is 558 g/mol. The maximum atomic E-state index is 13.0. The Morgan fingerprint density at radius 3 is 2.38 bits per heavy atom. The molecule has 2 aromatic rings. The molecule has 0 saturated heterocycles. The van der Waals surface area contributed by atoms with E-state index in [2.05, 4.69) is 12.0 Å². The van der Waals surface area contributed by atoms with Crippen LogP contribution >= 0.6 is 0 Å². The molecular formula is C27H38F3N3O6. The van der Waals surface area contributed by atoms with Gasteiger partial charge in [0.15, 0.2) is 5.60 Å². The molecule has 0 unspecified atom stereocenters. The average Bonchev–Trinajstić information content (AvgIpc) is 2.85. The summed E-state index contributed by atoms with van der Waals surface area (Å²) in [5.41, 5.74) is -2.44. The Kier molecular flexibility index (Phi) is 12.1. The molecule has 0 N–H and O–H groups in total. The number of halogens is 3. The van der Waals surface area contributed by atoms with E-state index in [1.165, 1.54) is 0 Å². The van der Waals surface area contributed by atoms with E-state index in [4.69, 9.17) is 14.2 Å². The van der Waals surface area contributed by atoms with Crippen LogP contribution in [0.2, 0.25) is 0 Å². The van der Waals surface area contributed by atoms with Crippen molar-refractivity contribution >= 4 is 5.97 Å². The highest BCUT2D eigenvalue weighted by molar-refractivity contribution is 5.79. The molecule has 218 valence electrons. The number of esters is 1. The smallest absolute Gasteiger partial charge is 0.389 e. The zero-order valence-corrected chi connectivity index (χ0v) is 23.0. The first kappa shape index (κ1) is 31.9. The number of unbranched alkanes of at least 4 members (excludes halogenated alkanes) is 3. The Hall–Kier alpha value is -3.31. The SMILES string of the molecule is CCCCCCc1nn(CCCC(F)(F)F)c(=O)n(CCOc2cccc(OC(C)(C)C(=O)OCC)c2)c1=O. The van der Waals surface area contributed by atoms with Crippen molar-refractivity contribution in [3.05, 3.63) is 50.8 Å². The van der Waals surface area contributed by atoms with Crippen molar-refractivity contribution in [3.63, 3.8) is 0 Å². The third-order valence-corrected chi connectivity index (χ3v) is 5.81. The second kappa shape index (κ2) is 14.7. The van der Waals surface area contributed by atoms with E-state index in [9.17, 15) is 27.6 Å². The minimum Gasteiger partial charge on any atom is -0.492 e. The number of benzene rings is 1. The van der Waals surface area contributed by atoms with E-state index >= 15 is 0 Å². The molecule has 1 aromatic heterocycles. The van der Waals surface area contributed by atoms with Gasteiger partial charge in [0.1, 0.15) is 23.8 Å². The van der Waals surface area contributed by atoms with Crippen LogP contribution in [0.3, 0.4) is 0 Å². The van der Waals surface area contributed by atoms with Gasteiger partial charge in [0, 0.05) is 19.0 Å². The van der Waals surface area contributed by atoms with Crippen molar-refractivity contribution in [1.29, 1.82) is 0 Å². The number of carbonyl (C=O) groups is 1. The summed E-state index contributed by atoms with van der Waals surface area (Å²) in [4.78, 5) is 38.0. The maximum Gasteiger partial charge on any atom is 0.389 e. The third-order valence-electron chi connectivity index (χ3n) is 5.81. The summed E-state index contributed by atoms with van der Waals surface area (Å²) in [7, 11) is 0. The molecule has 9 nitrogen and oxygen atoms in total. The van der Waals surface area contributed by atoms with Crippen LogP contribution in [0.5, 0.6) is 11.5 Å². The molecule has 0 fully saturated rings. The fourth-order valence-corrected chi connectivity index (χ4v) is 3.78. The van der Waals surface area contributed by atoms with Gasteiger partial charge in [0.05, 0.1) is 13.2 Å². The van der Waals surface area contributed by atoms with Crippen molar-refractivity contribution in [2.45, 2.75) is 97.5 Å². The van der Waals surface area contributed by atoms with E-state index in [1.54, 1.807) is 45.0 Å². The Balaban J connectivity index is 2.16. The summed E-state index contributed by atoms with van der Waals surface area (Å²) in [6.45, 7) is 6.67. The van der Waals surface area contributed by atoms with E-state index in [1.807, 2.05) is 0 Å². The number of hydrogen-bond acceptors (Lipinski definition) is 7. The molecular weight excluding hydrogens is 519 g/mol. The van der Waals surface area contributed by atoms with E-state index in [0.29, 0.717) is 24.3 Å². The highest BCUT2D eigenvalue weighted by Crippen LogP contribution is 2.24. The number of rotatable bonds is 16. The zero-order chi connectivity index (χ0) is 29.1. The summed E-state index contributed by atoms with van der Waals surface area (Å²) in [6.07, 6.45) is -1.86. The first-order valence-corrected chi connectivity index (χ1v) is 13.2. The molecule has 0 aliphatic heterocycles. The predicted molar refractivity (Wildman–Crippen MR) is 139 cm³/mol. The minimum atomic E-state index is -4.35. The summed E-state index contributed by atoms with van der Waals surface area (Å²) in [5, 5.41) is 4.10. The van der Waals surface area contributed by atoms with Crippen LogP contribution < -0.4 is 20.7 Å². The molecule has 0 spiro atoms. The summed E-state index contributed by atoms with van der Waals surface area (Å²) >= 11 is 0. The topological polar surface area (TPSA) is 102 Å². The zero-order valence-electron chi connectivity index (χ0n) is 23.0. The molecule has 1 aromatic carbocycles. The molecule has 0 aliphatic rings. The molecule has 1 heterocycles. The van der Waals surface area contributed by atoms with Crippen LogP contribution in [0.4, 0.5) is 13.2 Å². The van der Waals surface area contributed by atoms with Crippen LogP contribution in [0, 0.1) is 0 Å². The molecule has 0 aliphatic carbocycles. The van der Waals surface area contributed by atoms with Gasteiger partial charge in [0.2, 0.25) is 0 Å². The summed E-state index contributed by atoms with van der Waals surface area (Å²) in [6, 6.07) is 6.51. The van der Waals surface area contributed by atoms with Crippen LogP contribution in [-0.2, 0) is 29.0 Å². The number of hydrogen-bond donors (Lipinski definition) is 0. The van der Waals surface area contributed by atoms with Crippen LogP contribution in [0.15, 0.2) is 33.9 Å². The Labute approximate surface area is 225 Å². The van der Waals surface area contributed by atoms with Gasteiger partial charge in [-0.2, -0.15) is 18.3 Å². The van der Waals surface area contributed by atoms with Crippen LogP contribution in [0.1, 0.15) is 71.9 Å². The first-order chi connectivity index (χ1) is 18.4. The van der Waals surface area contributed by atoms with Crippen LogP contribution in [0.25, 0.3) is 0 Å². The maximum absolute atomic E-state index is 13.0. The van der Waals surface area contributed by atoms with Gasteiger partial charge in [-0.15, -0.1) is 0 Å². The Morgan fingerprint density at radius 1 is 1.00 bits per heavy atom. The van der Waals surface area contributed by atoms with Crippen LogP contribution in [-0.4, -0.2) is 45.3 Å². The number of nitrogens with zero attached hydrogens (tertiary/aromatic N) is 3. The van der Waals surface area contributed by atoms with E-state index in [-0.39, 0.29) is 38.4 Å². The summed E-state index contributed by atoms with van der Waals surface area (Å²) < 4.78 is 56.3. The lowest BCUT2D eigenvalue weighted by molar-refractivity contribution is -0.158. The quantitative estimate of drug-likeness (QED) is 0.218. The van der Waals surface area contributed by atoms with Crippen molar-refractivity contribution in [3.8, 4) is 11.5 Å². The van der Waals surface area contributed by atoms with Gasteiger partial charge in [-0.3, -0.25) is 9.36 Å². The molecule has 0 saturated carbocycles. The Morgan fingerprint density at radius 2 is 1.72 bits per heavy atom. The molecule has 39 heavy (non-hydrogen) atoms. The normalized spacial score (nSPS) is 11.9. The molecule has 0 atom stereocenters. The van der Waals surface area contributed by atoms with Gasteiger partial charge in [-0.25, -0.2) is 14.3 Å². The first-order valence-electron chi connectivity index (χ1n) is 13.2. The number of alkyl halides is 3. The van der Waals surface area contributed by atoms with Gasteiger partial charge < -0.3 is 14.2 Å². The van der Waals surface area contributed by atoms with Gasteiger partial charge >= 0.3 is 17.8 Å². The lowest BCUT2D eigenvalue weighted by atomic mass is 10.1. The monoisotopic (exact) mass is 557 g/mol. The Bertz CT molecular complexity index is 1190.